The number of carbonyl (C=O) groups excluding carboxylic acids is 1. The highest BCUT2D eigenvalue weighted by Gasteiger charge is 2.27. The molecule has 0 saturated carbocycles. The predicted octanol–water partition coefficient (Wildman–Crippen LogP) is 5.62. The van der Waals surface area contributed by atoms with Gasteiger partial charge >= 0.3 is 0 Å². The molecule has 0 fully saturated rings. The Kier molecular flexibility index (Phi) is 9.31. The van der Waals surface area contributed by atoms with E-state index in [0.29, 0.717) is 18.0 Å². The number of hydrogen-bond acceptors (Lipinski definition) is 6. The van der Waals surface area contributed by atoms with Crippen molar-refractivity contribution < 1.29 is 30.8 Å². The lowest BCUT2D eigenvalue weighted by Crippen LogP contribution is -2.38. The quantitative estimate of drug-likeness (QED) is 0.215. The summed E-state index contributed by atoms with van der Waals surface area (Å²) in [6, 6.07) is 22.4. The van der Waals surface area contributed by atoms with E-state index in [1.54, 1.807) is 31.2 Å². The third-order valence-electron chi connectivity index (χ3n) is 5.67. The number of halogens is 2. The molecule has 1 amide bonds. The van der Waals surface area contributed by atoms with Crippen molar-refractivity contribution in [1.82, 2.24) is 0 Å². The first-order valence-corrected chi connectivity index (χ1v) is 15.9. The first-order chi connectivity index (χ1) is 19.5. The summed E-state index contributed by atoms with van der Waals surface area (Å²) in [4.78, 5) is 12.9. The van der Waals surface area contributed by atoms with Crippen LogP contribution in [-0.4, -0.2) is 35.9 Å². The summed E-state index contributed by atoms with van der Waals surface area (Å²) >= 11 is 3.29. The molecule has 0 aromatic heterocycles. The molecular weight excluding hydrogens is 637 g/mol. The van der Waals surface area contributed by atoms with Crippen molar-refractivity contribution in [3.8, 4) is 5.75 Å². The molecule has 214 valence electrons. The Balaban J connectivity index is 1.52. The Bertz CT molecular complexity index is 1720. The first-order valence-electron chi connectivity index (χ1n) is 12.2. The van der Waals surface area contributed by atoms with Gasteiger partial charge in [0, 0.05) is 15.8 Å². The second-order valence-electron chi connectivity index (χ2n) is 8.58. The Morgan fingerprint density at radius 1 is 0.805 bits per heavy atom. The van der Waals surface area contributed by atoms with E-state index in [4.69, 9.17) is 4.74 Å². The number of benzene rings is 4. The number of nitrogens with zero attached hydrogens (tertiary/aromatic N) is 1. The summed E-state index contributed by atoms with van der Waals surface area (Å²) in [5.41, 5.74) is 0.700. The van der Waals surface area contributed by atoms with Gasteiger partial charge < -0.3 is 10.1 Å². The molecular formula is C28H25BrFN3O6S2. The molecule has 2 N–H and O–H groups in total. The number of nitrogens with one attached hydrogen (secondary N) is 2. The van der Waals surface area contributed by atoms with Gasteiger partial charge in [-0.15, -0.1) is 0 Å². The smallest absolute Gasteiger partial charge is 0.264 e. The second kappa shape index (κ2) is 12.7. The zero-order valence-electron chi connectivity index (χ0n) is 21.6. The molecule has 41 heavy (non-hydrogen) atoms. The third-order valence-corrected chi connectivity index (χ3v) is 9.38. The van der Waals surface area contributed by atoms with Crippen molar-refractivity contribution in [2.75, 3.05) is 27.5 Å². The summed E-state index contributed by atoms with van der Waals surface area (Å²) in [5, 5.41) is 2.58. The van der Waals surface area contributed by atoms with E-state index < -0.39 is 38.3 Å². The van der Waals surface area contributed by atoms with Gasteiger partial charge in [-0.2, -0.15) is 0 Å². The molecule has 0 spiro atoms. The summed E-state index contributed by atoms with van der Waals surface area (Å²) in [5.74, 6) is -0.788. The number of carbonyl (C=O) groups is 1. The van der Waals surface area contributed by atoms with Crippen LogP contribution in [0.5, 0.6) is 5.75 Å². The maximum absolute atomic E-state index is 13.6. The normalized spacial score (nSPS) is 11.5. The largest absolute Gasteiger partial charge is 0.494 e. The lowest BCUT2D eigenvalue weighted by atomic mass is 10.3. The molecule has 0 aliphatic rings. The van der Waals surface area contributed by atoms with E-state index in [1.165, 1.54) is 60.7 Å². The van der Waals surface area contributed by atoms with Crippen molar-refractivity contribution in [3.05, 3.63) is 107 Å². The minimum atomic E-state index is -4.24. The Hall–Kier alpha value is -3.94. The Labute approximate surface area is 246 Å². The van der Waals surface area contributed by atoms with E-state index >= 15 is 0 Å². The molecule has 0 aliphatic heterocycles. The average Bonchev–Trinajstić information content (AvgIpc) is 2.94. The molecule has 4 aromatic carbocycles. The Morgan fingerprint density at radius 2 is 1.37 bits per heavy atom. The summed E-state index contributed by atoms with van der Waals surface area (Å²) in [6.07, 6.45) is 0. The number of amides is 1. The maximum atomic E-state index is 13.6. The van der Waals surface area contributed by atoms with E-state index in [1.807, 2.05) is 0 Å². The van der Waals surface area contributed by atoms with Gasteiger partial charge in [0.1, 0.15) is 18.1 Å². The van der Waals surface area contributed by atoms with Gasteiger partial charge in [0.05, 0.1) is 22.1 Å². The number of hydrogen-bond donors (Lipinski definition) is 2. The minimum absolute atomic E-state index is 0.0376. The van der Waals surface area contributed by atoms with Gasteiger partial charge in [0.25, 0.3) is 20.0 Å². The van der Waals surface area contributed by atoms with Gasteiger partial charge in [0.15, 0.2) is 0 Å². The van der Waals surface area contributed by atoms with Crippen LogP contribution >= 0.6 is 15.9 Å². The molecule has 13 heteroatoms. The fourth-order valence-corrected chi connectivity index (χ4v) is 6.45. The van der Waals surface area contributed by atoms with Gasteiger partial charge in [-0.05, 0) is 104 Å². The fourth-order valence-electron chi connectivity index (χ4n) is 3.70. The highest BCUT2D eigenvalue weighted by Crippen LogP contribution is 2.26. The van der Waals surface area contributed by atoms with Gasteiger partial charge in [-0.3, -0.25) is 13.8 Å². The topological polar surface area (TPSA) is 122 Å². The lowest BCUT2D eigenvalue weighted by Gasteiger charge is -2.24. The van der Waals surface area contributed by atoms with Crippen LogP contribution in [0.3, 0.4) is 0 Å². The van der Waals surface area contributed by atoms with Crippen LogP contribution < -0.4 is 19.1 Å². The zero-order valence-corrected chi connectivity index (χ0v) is 24.8. The van der Waals surface area contributed by atoms with Crippen LogP contribution in [0.4, 0.5) is 21.5 Å². The van der Waals surface area contributed by atoms with E-state index in [-0.39, 0.29) is 21.2 Å². The van der Waals surface area contributed by atoms with Crippen LogP contribution in [0.15, 0.2) is 111 Å². The molecule has 0 atom stereocenters. The molecule has 0 unspecified atom stereocenters. The van der Waals surface area contributed by atoms with Crippen molar-refractivity contribution in [3.63, 3.8) is 0 Å². The maximum Gasteiger partial charge on any atom is 0.264 e. The van der Waals surface area contributed by atoms with Crippen LogP contribution in [0.1, 0.15) is 6.92 Å². The fraction of sp³-hybridized carbons (Fsp3) is 0.107. The standard InChI is InChI=1S/C28H25BrFN3O6S2/c1-2-39-25-13-17-27(18-14-25)41(37,38)33(24-11-5-21(30)6-12-24)19-28(34)31-22-9-15-26(16-10-22)40(35,36)32-23-7-3-20(29)4-8-23/h3-18,32H,2,19H2,1H3,(H,31,34). The predicted molar refractivity (Wildman–Crippen MR) is 159 cm³/mol. The van der Waals surface area contributed by atoms with E-state index in [2.05, 4.69) is 26.0 Å². The summed E-state index contributed by atoms with van der Waals surface area (Å²) in [6.45, 7) is 1.57. The van der Waals surface area contributed by atoms with Gasteiger partial charge in [0.2, 0.25) is 5.91 Å². The summed E-state index contributed by atoms with van der Waals surface area (Å²) < 4.78 is 75.6. The molecule has 0 saturated heterocycles. The van der Waals surface area contributed by atoms with Crippen LogP contribution in [0, 0.1) is 5.82 Å². The minimum Gasteiger partial charge on any atom is -0.494 e. The SMILES string of the molecule is CCOc1ccc(S(=O)(=O)N(CC(=O)Nc2ccc(S(=O)(=O)Nc3ccc(Br)cc3)cc2)c2ccc(F)cc2)cc1. The van der Waals surface area contributed by atoms with Gasteiger partial charge in [-0.1, -0.05) is 15.9 Å². The van der Waals surface area contributed by atoms with Crippen LogP contribution in [0.2, 0.25) is 0 Å². The van der Waals surface area contributed by atoms with Crippen LogP contribution in [-0.2, 0) is 24.8 Å². The number of sulfonamides is 2. The van der Waals surface area contributed by atoms with Crippen molar-refractivity contribution >= 4 is 58.9 Å². The number of ether oxygens (including phenoxy) is 1. The molecule has 0 radical (unpaired) electrons. The summed E-state index contributed by atoms with van der Waals surface area (Å²) in [7, 11) is -8.13. The van der Waals surface area contributed by atoms with Gasteiger partial charge in [-0.25, -0.2) is 21.2 Å². The molecule has 9 nitrogen and oxygen atoms in total. The van der Waals surface area contributed by atoms with Crippen LogP contribution in [0.25, 0.3) is 0 Å². The number of rotatable bonds is 11. The average molecular weight is 663 g/mol. The first kappa shape index (κ1) is 30.0. The van der Waals surface area contributed by atoms with E-state index in [9.17, 15) is 26.0 Å². The Morgan fingerprint density at radius 3 is 1.95 bits per heavy atom. The second-order valence-corrected chi connectivity index (χ2v) is 13.0. The lowest BCUT2D eigenvalue weighted by molar-refractivity contribution is -0.114. The molecule has 0 bridgehead atoms. The van der Waals surface area contributed by atoms with Crippen molar-refractivity contribution in [2.45, 2.75) is 16.7 Å². The third kappa shape index (κ3) is 7.63. The monoisotopic (exact) mass is 661 g/mol. The highest BCUT2D eigenvalue weighted by atomic mass is 79.9. The molecule has 4 rings (SSSR count). The van der Waals surface area contributed by atoms with Crippen molar-refractivity contribution in [2.24, 2.45) is 0 Å². The molecule has 4 aromatic rings. The number of anilines is 3. The molecule has 0 heterocycles. The van der Waals surface area contributed by atoms with E-state index in [0.717, 1.165) is 20.9 Å². The zero-order chi connectivity index (χ0) is 29.6. The van der Waals surface area contributed by atoms with Crippen molar-refractivity contribution in [1.29, 1.82) is 0 Å². The highest BCUT2D eigenvalue weighted by molar-refractivity contribution is 9.10. The molecule has 0 aliphatic carbocycles.